The van der Waals surface area contributed by atoms with Crippen LogP contribution in [-0.2, 0) is 22.5 Å². The van der Waals surface area contributed by atoms with Gasteiger partial charge in [0, 0.05) is 37.6 Å². The van der Waals surface area contributed by atoms with Gasteiger partial charge in [-0.2, -0.15) is 0 Å². The molecule has 0 spiro atoms. The fraction of sp³-hybridized carbons (Fsp3) is 0.192. The molecule has 0 radical (unpaired) electrons. The molecule has 0 saturated heterocycles. The molecule has 0 bridgehead atoms. The number of amides is 1. The average Bonchev–Trinajstić information content (AvgIpc) is 2.84. The second-order valence-electron chi connectivity index (χ2n) is 8.96. The number of pyridine rings is 4. The van der Waals surface area contributed by atoms with E-state index >= 15 is 0 Å². The largest absolute Gasteiger partial charge is 0.734 e. The molecule has 37 heavy (non-hydrogen) atoms. The van der Waals surface area contributed by atoms with E-state index in [2.05, 4.69) is 20.3 Å². The molecule has 1 amide bonds. The van der Waals surface area contributed by atoms with E-state index in [1.165, 1.54) is 6.92 Å². The second kappa shape index (κ2) is 10.0. The van der Waals surface area contributed by atoms with Crippen molar-refractivity contribution in [3.63, 3.8) is 0 Å². The minimum Gasteiger partial charge on any atom is -0.626 e. The predicted molar refractivity (Wildman–Crippen MR) is 136 cm³/mol. The Bertz CT molecular complexity index is 1440. The van der Waals surface area contributed by atoms with Crippen molar-refractivity contribution < 1.29 is 22.6 Å². The number of nitrogens with zero attached hydrogens (tertiary/aromatic N) is 5. The summed E-state index contributed by atoms with van der Waals surface area (Å²) >= 11 is 0. The van der Waals surface area contributed by atoms with Gasteiger partial charge in [0.15, 0.2) is 0 Å². The zero-order valence-corrected chi connectivity index (χ0v) is 20.4. The summed E-state index contributed by atoms with van der Waals surface area (Å²) in [5.41, 5.74) is 2.75. The molecule has 0 aromatic carbocycles. The maximum atomic E-state index is 14.9. The molecular weight excluding hydrogens is 477 g/mol. The number of aryl methyl sites for hydroxylation is 1. The van der Waals surface area contributed by atoms with E-state index in [0.29, 0.717) is 24.2 Å². The first-order chi connectivity index (χ1) is 17.8. The fourth-order valence-electron chi connectivity index (χ4n) is 4.44. The number of anilines is 1. The standard InChI is InChI=1S/C26H25BF2N6O2/c1-18-13-22-14-19(2)37-27(28,29)35(22)26-23(18)9-10-24(33-26)32-25(36)17-34(15-20-7-3-5-11-30-20)16-21-8-4-6-12-31-21/h3-14H,15-17H2,1-2H3,(H,32,33,36). The first-order valence-electron chi connectivity index (χ1n) is 11.8. The quantitative estimate of drug-likeness (QED) is 0.387. The molecule has 0 atom stereocenters. The minimum absolute atomic E-state index is 0.0249. The number of hydrogen-bond donors (Lipinski definition) is 1. The highest BCUT2D eigenvalue weighted by Gasteiger charge is 2.45. The molecule has 0 aliphatic carbocycles. The molecule has 11 heteroatoms. The summed E-state index contributed by atoms with van der Waals surface area (Å²) in [5, 5.41) is 3.31. The Morgan fingerprint density at radius 3 is 2.32 bits per heavy atom. The normalized spacial score (nSPS) is 14.1. The number of fused-ring (bicyclic) bond motifs is 3. The molecule has 1 N–H and O–H groups in total. The molecule has 4 aromatic rings. The Hall–Kier alpha value is -4.25. The summed E-state index contributed by atoms with van der Waals surface area (Å²) in [4.78, 5) is 28.1. The van der Waals surface area contributed by atoms with E-state index in [0.717, 1.165) is 21.4 Å². The van der Waals surface area contributed by atoms with Gasteiger partial charge in [0.25, 0.3) is 5.65 Å². The van der Waals surface area contributed by atoms with E-state index in [-0.39, 0.29) is 29.7 Å². The SMILES string of the molecule is CC1=Cc2cc(C)c3ccc(NC(=O)CN(Cc4ccccn4)Cc4ccccn4)nc3[n+]2[B-](F)(F)O1. The lowest BCUT2D eigenvalue weighted by molar-refractivity contribution is -0.560. The van der Waals surface area contributed by atoms with Crippen molar-refractivity contribution >= 4 is 35.9 Å². The molecule has 0 fully saturated rings. The highest BCUT2D eigenvalue weighted by atomic mass is 19.3. The number of carbonyl (C=O) groups excluding carboxylic acids is 1. The average molecular weight is 502 g/mol. The van der Waals surface area contributed by atoms with E-state index < -0.39 is 7.04 Å². The summed E-state index contributed by atoms with van der Waals surface area (Å²) in [6.45, 7) is 4.20. The topological polar surface area (TPSA) is 84.1 Å². The summed E-state index contributed by atoms with van der Waals surface area (Å²) in [5.74, 6) is -0.0325. The van der Waals surface area contributed by atoms with Gasteiger partial charge < -0.3 is 17.8 Å². The molecule has 1 aliphatic heterocycles. The molecule has 0 unspecified atom stereocenters. The van der Waals surface area contributed by atoms with E-state index in [1.54, 1.807) is 36.7 Å². The Kier molecular flexibility index (Phi) is 6.62. The first-order valence-corrected chi connectivity index (χ1v) is 11.8. The van der Waals surface area contributed by atoms with Crippen LogP contribution in [0.15, 0.2) is 72.8 Å². The molecule has 5 rings (SSSR count). The van der Waals surface area contributed by atoms with Gasteiger partial charge in [0.1, 0.15) is 0 Å². The Morgan fingerprint density at radius 2 is 1.70 bits per heavy atom. The van der Waals surface area contributed by atoms with Crippen LogP contribution in [-0.4, -0.2) is 39.3 Å². The Morgan fingerprint density at radius 1 is 1.03 bits per heavy atom. The number of allylic oxidation sites excluding steroid dienone is 1. The Labute approximate surface area is 212 Å². The zero-order valence-electron chi connectivity index (χ0n) is 20.4. The maximum absolute atomic E-state index is 14.9. The molecule has 4 aromatic heterocycles. The van der Waals surface area contributed by atoms with Crippen LogP contribution in [0.5, 0.6) is 0 Å². The van der Waals surface area contributed by atoms with Crippen LogP contribution in [0.3, 0.4) is 0 Å². The summed E-state index contributed by atoms with van der Waals surface area (Å²) in [6.07, 6.45) is 4.95. The van der Waals surface area contributed by atoms with Gasteiger partial charge in [0.05, 0.1) is 34.8 Å². The molecule has 8 nitrogen and oxygen atoms in total. The van der Waals surface area contributed by atoms with Gasteiger partial charge in [-0.25, -0.2) is 0 Å². The number of carbonyl (C=O) groups is 1. The monoisotopic (exact) mass is 502 g/mol. The van der Waals surface area contributed by atoms with Crippen LogP contribution in [0.1, 0.15) is 29.6 Å². The minimum atomic E-state index is -4.37. The maximum Gasteiger partial charge on any atom is 0.734 e. The number of halogens is 2. The van der Waals surface area contributed by atoms with Crippen molar-refractivity contribution in [3.8, 4) is 0 Å². The zero-order chi connectivity index (χ0) is 26.0. The lowest BCUT2D eigenvalue weighted by Gasteiger charge is -2.30. The van der Waals surface area contributed by atoms with Gasteiger partial charge in [-0.3, -0.25) is 25.0 Å². The smallest absolute Gasteiger partial charge is 0.626 e. The highest BCUT2D eigenvalue weighted by molar-refractivity contribution is 6.50. The lowest BCUT2D eigenvalue weighted by Crippen LogP contribution is -2.64. The van der Waals surface area contributed by atoms with Gasteiger partial charge in [-0.05, 0) is 60.8 Å². The van der Waals surface area contributed by atoms with Gasteiger partial charge in [-0.15, -0.1) is 0 Å². The van der Waals surface area contributed by atoms with Crippen LogP contribution in [0.4, 0.5) is 14.4 Å². The van der Waals surface area contributed by atoms with Crippen molar-refractivity contribution in [1.29, 1.82) is 0 Å². The van der Waals surface area contributed by atoms with E-state index in [4.69, 9.17) is 4.65 Å². The van der Waals surface area contributed by atoms with Crippen molar-refractivity contribution in [2.24, 2.45) is 0 Å². The van der Waals surface area contributed by atoms with Crippen LogP contribution in [0, 0.1) is 6.92 Å². The summed E-state index contributed by atoms with van der Waals surface area (Å²) in [7, 11) is -4.37. The third-order valence-electron chi connectivity index (χ3n) is 6.01. The number of hydrogen-bond acceptors (Lipinski definition) is 6. The third-order valence-corrected chi connectivity index (χ3v) is 6.01. The van der Waals surface area contributed by atoms with E-state index in [1.807, 2.05) is 48.2 Å². The van der Waals surface area contributed by atoms with Crippen molar-refractivity contribution in [1.82, 2.24) is 19.9 Å². The molecule has 188 valence electrons. The summed E-state index contributed by atoms with van der Waals surface area (Å²) in [6, 6.07) is 16.2. The third kappa shape index (κ3) is 5.46. The van der Waals surface area contributed by atoms with Crippen LogP contribution >= 0.6 is 0 Å². The highest BCUT2D eigenvalue weighted by Crippen LogP contribution is 2.26. The lowest BCUT2D eigenvalue weighted by atomic mass is 9.97. The van der Waals surface area contributed by atoms with Gasteiger partial charge in [-0.1, -0.05) is 12.1 Å². The van der Waals surface area contributed by atoms with Crippen molar-refractivity contribution in [3.05, 3.63) is 95.4 Å². The van der Waals surface area contributed by atoms with Crippen molar-refractivity contribution in [2.45, 2.75) is 26.9 Å². The molecule has 0 saturated carbocycles. The number of aromatic nitrogens is 4. The molecule has 5 heterocycles. The second-order valence-corrected chi connectivity index (χ2v) is 8.96. The first kappa shape index (κ1) is 24.4. The molecule has 1 aliphatic rings. The Balaban J connectivity index is 1.41. The number of rotatable bonds is 7. The van der Waals surface area contributed by atoms with Gasteiger partial charge in [0.2, 0.25) is 11.7 Å². The van der Waals surface area contributed by atoms with Crippen LogP contribution < -0.4 is 9.79 Å². The van der Waals surface area contributed by atoms with E-state index in [9.17, 15) is 13.4 Å². The fourth-order valence-corrected chi connectivity index (χ4v) is 4.44. The molecular formula is C26H25BF2N6O2. The van der Waals surface area contributed by atoms with Crippen LogP contribution in [0.25, 0.3) is 17.1 Å². The number of nitrogens with one attached hydrogen (secondary N) is 1. The van der Waals surface area contributed by atoms with Gasteiger partial charge >= 0.3 is 7.04 Å². The van der Waals surface area contributed by atoms with Crippen LogP contribution in [0.2, 0.25) is 0 Å². The summed E-state index contributed by atoms with van der Waals surface area (Å²) < 4.78 is 35.5. The predicted octanol–water partition coefficient (Wildman–Crippen LogP) is 3.88. The van der Waals surface area contributed by atoms with Crippen molar-refractivity contribution in [2.75, 3.05) is 11.9 Å².